The van der Waals surface area contributed by atoms with E-state index in [4.69, 9.17) is 6.42 Å². The monoisotopic (exact) mass is 196 g/mol. The first kappa shape index (κ1) is 9.54. The molecule has 2 rings (SSSR count). The third-order valence-corrected chi connectivity index (χ3v) is 2.35. The largest absolute Gasteiger partial charge is 0.318 e. The number of terminal acetylenes is 1. The third-order valence-electron chi connectivity index (χ3n) is 2.35. The van der Waals surface area contributed by atoms with Crippen LogP contribution >= 0.6 is 0 Å². The molecule has 0 atom stereocenters. The molecule has 74 valence electrons. The molecule has 1 aromatic heterocycles. The average molecular weight is 196 g/mol. The predicted octanol–water partition coefficient (Wildman–Crippen LogP) is 2.55. The fourth-order valence-electron chi connectivity index (χ4n) is 1.63. The SMILES string of the molecule is C#Cc1cnc(-c2ccccc2)n1CC. The minimum atomic E-state index is 0.830. The van der Waals surface area contributed by atoms with Gasteiger partial charge in [-0.2, -0.15) is 0 Å². The summed E-state index contributed by atoms with van der Waals surface area (Å²) < 4.78 is 2.04. The molecule has 0 radical (unpaired) electrons. The van der Waals surface area contributed by atoms with Crippen molar-refractivity contribution in [2.24, 2.45) is 0 Å². The van der Waals surface area contributed by atoms with Gasteiger partial charge >= 0.3 is 0 Å². The number of rotatable bonds is 2. The van der Waals surface area contributed by atoms with Crippen molar-refractivity contribution >= 4 is 0 Å². The van der Waals surface area contributed by atoms with E-state index in [0.717, 1.165) is 23.6 Å². The van der Waals surface area contributed by atoms with E-state index in [1.54, 1.807) is 6.20 Å². The van der Waals surface area contributed by atoms with Crippen molar-refractivity contribution in [1.82, 2.24) is 9.55 Å². The Morgan fingerprint density at radius 2 is 2.07 bits per heavy atom. The van der Waals surface area contributed by atoms with Crippen LogP contribution in [0.5, 0.6) is 0 Å². The van der Waals surface area contributed by atoms with Crippen LogP contribution < -0.4 is 0 Å². The Morgan fingerprint density at radius 1 is 1.33 bits per heavy atom. The van der Waals surface area contributed by atoms with Crippen LogP contribution in [0.1, 0.15) is 12.6 Å². The highest BCUT2D eigenvalue weighted by atomic mass is 15.1. The second-order valence-corrected chi connectivity index (χ2v) is 3.22. The Kier molecular flexibility index (Phi) is 2.55. The summed E-state index contributed by atoms with van der Waals surface area (Å²) in [7, 11) is 0. The molecular weight excluding hydrogens is 184 g/mol. The van der Waals surface area contributed by atoms with Crippen molar-refractivity contribution in [2.75, 3.05) is 0 Å². The molecule has 2 aromatic rings. The van der Waals surface area contributed by atoms with E-state index >= 15 is 0 Å². The molecule has 1 aromatic carbocycles. The number of aromatic nitrogens is 2. The lowest BCUT2D eigenvalue weighted by atomic mass is 10.2. The number of nitrogens with zero attached hydrogens (tertiary/aromatic N) is 2. The van der Waals surface area contributed by atoms with Gasteiger partial charge in [-0.15, -0.1) is 6.42 Å². The zero-order valence-corrected chi connectivity index (χ0v) is 8.64. The van der Waals surface area contributed by atoms with Crippen molar-refractivity contribution in [3.63, 3.8) is 0 Å². The van der Waals surface area contributed by atoms with Crippen LogP contribution in [0.25, 0.3) is 11.4 Å². The number of hydrogen-bond donors (Lipinski definition) is 0. The summed E-state index contributed by atoms with van der Waals surface area (Å²) >= 11 is 0. The summed E-state index contributed by atoms with van der Waals surface area (Å²) in [5.74, 6) is 3.57. The summed E-state index contributed by atoms with van der Waals surface area (Å²) in [5, 5.41) is 0. The van der Waals surface area contributed by atoms with Gasteiger partial charge in [0.15, 0.2) is 0 Å². The number of hydrogen-bond acceptors (Lipinski definition) is 1. The quantitative estimate of drug-likeness (QED) is 0.675. The van der Waals surface area contributed by atoms with Gasteiger partial charge in [0.25, 0.3) is 0 Å². The summed E-state index contributed by atoms with van der Waals surface area (Å²) in [6.45, 7) is 2.90. The lowest BCUT2D eigenvalue weighted by Crippen LogP contribution is -1.99. The van der Waals surface area contributed by atoms with E-state index in [1.165, 1.54) is 0 Å². The Balaban J connectivity index is 2.55. The van der Waals surface area contributed by atoms with Gasteiger partial charge in [-0.05, 0) is 6.92 Å². The Labute approximate surface area is 89.6 Å². The van der Waals surface area contributed by atoms with Crippen molar-refractivity contribution in [3.8, 4) is 23.7 Å². The van der Waals surface area contributed by atoms with E-state index in [0.29, 0.717) is 0 Å². The molecule has 0 N–H and O–H groups in total. The van der Waals surface area contributed by atoms with Crippen molar-refractivity contribution in [2.45, 2.75) is 13.5 Å². The van der Waals surface area contributed by atoms with Crippen LogP contribution in [0.4, 0.5) is 0 Å². The fraction of sp³-hybridized carbons (Fsp3) is 0.154. The molecule has 2 heteroatoms. The molecule has 0 amide bonds. The molecular formula is C13H12N2. The second kappa shape index (κ2) is 4.02. The Hall–Kier alpha value is -2.01. The Bertz CT molecular complexity index is 489. The van der Waals surface area contributed by atoms with Gasteiger partial charge in [-0.3, -0.25) is 0 Å². The van der Waals surface area contributed by atoms with Crippen LogP contribution in [-0.2, 0) is 6.54 Å². The van der Waals surface area contributed by atoms with E-state index in [1.807, 2.05) is 34.9 Å². The maximum Gasteiger partial charge on any atom is 0.140 e. The van der Waals surface area contributed by atoms with Gasteiger partial charge in [0.05, 0.1) is 6.20 Å². The first-order valence-electron chi connectivity index (χ1n) is 4.94. The highest BCUT2D eigenvalue weighted by Gasteiger charge is 2.07. The van der Waals surface area contributed by atoms with E-state index in [-0.39, 0.29) is 0 Å². The lowest BCUT2D eigenvalue weighted by molar-refractivity contribution is 0.762. The highest BCUT2D eigenvalue weighted by Crippen LogP contribution is 2.18. The average Bonchev–Trinajstić information content (AvgIpc) is 2.72. The van der Waals surface area contributed by atoms with Gasteiger partial charge in [0.2, 0.25) is 0 Å². The third kappa shape index (κ3) is 1.64. The maximum atomic E-state index is 5.41. The van der Waals surface area contributed by atoms with Crippen LogP contribution in [0, 0.1) is 12.3 Å². The summed E-state index contributed by atoms with van der Waals surface area (Å²) in [5.41, 5.74) is 1.93. The van der Waals surface area contributed by atoms with Crippen LogP contribution in [0.2, 0.25) is 0 Å². The summed E-state index contributed by atoms with van der Waals surface area (Å²) in [4.78, 5) is 4.35. The topological polar surface area (TPSA) is 17.8 Å². The van der Waals surface area contributed by atoms with E-state index in [9.17, 15) is 0 Å². The van der Waals surface area contributed by atoms with Crippen molar-refractivity contribution in [1.29, 1.82) is 0 Å². The normalized spacial score (nSPS) is 9.87. The van der Waals surface area contributed by atoms with E-state index in [2.05, 4.69) is 17.8 Å². The maximum absolute atomic E-state index is 5.41. The number of benzene rings is 1. The van der Waals surface area contributed by atoms with E-state index < -0.39 is 0 Å². The molecule has 0 unspecified atom stereocenters. The second-order valence-electron chi connectivity index (χ2n) is 3.22. The molecule has 0 saturated heterocycles. The van der Waals surface area contributed by atoms with Gasteiger partial charge < -0.3 is 4.57 Å². The smallest absolute Gasteiger partial charge is 0.140 e. The standard InChI is InChI=1S/C13H12N2/c1-3-12-10-14-13(15(12)4-2)11-8-6-5-7-9-11/h1,5-10H,4H2,2H3. The highest BCUT2D eigenvalue weighted by molar-refractivity contribution is 5.56. The van der Waals surface area contributed by atoms with Crippen LogP contribution in [-0.4, -0.2) is 9.55 Å². The zero-order valence-electron chi connectivity index (χ0n) is 8.64. The molecule has 0 fully saturated rings. The lowest BCUT2D eigenvalue weighted by Gasteiger charge is -2.05. The molecule has 0 aliphatic rings. The molecule has 15 heavy (non-hydrogen) atoms. The molecule has 0 saturated carbocycles. The van der Waals surface area contributed by atoms with Crippen LogP contribution in [0.15, 0.2) is 36.5 Å². The molecule has 0 spiro atoms. The van der Waals surface area contributed by atoms with Crippen LogP contribution in [0.3, 0.4) is 0 Å². The summed E-state index contributed by atoms with van der Waals surface area (Å²) in [6, 6.07) is 10.1. The van der Waals surface area contributed by atoms with Gasteiger partial charge in [-0.25, -0.2) is 4.98 Å². The van der Waals surface area contributed by atoms with Crippen molar-refractivity contribution < 1.29 is 0 Å². The van der Waals surface area contributed by atoms with Gasteiger partial charge in [0, 0.05) is 12.1 Å². The fourth-order valence-corrected chi connectivity index (χ4v) is 1.63. The number of imidazole rings is 1. The van der Waals surface area contributed by atoms with Gasteiger partial charge in [-0.1, -0.05) is 36.3 Å². The minimum Gasteiger partial charge on any atom is -0.318 e. The Morgan fingerprint density at radius 3 is 2.67 bits per heavy atom. The molecule has 1 heterocycles. The zero-order chi connectivity index (χ0) is 10.7. The first-order valence-corrected chi connectivity index (χ1v) is 4.94. The molecule has 2 nitrogen and oxygen atoms in total. The molecule has 0 aliphatic heterocycles. The first-order chi connectivity index (χ1) is 7.36. The summed E-state index contributed by atoms with van der Waals surface area (Å²) in [6.07, 6.45) is 7.15. The minimum absolute atomic E-state index is 0.830. The predicted molar refractivity (Wildman–Crippen MR) is 61.3 cm³/mol. The van der Waals surface area contributed by atoms with Crippen molar-refractivity contribution in [3.05, 3.63) is 42.2 Å². The molecule has 0 bridgehead atoms. The molecule has 0 aliphatic carbocycles. The van der Waals surface area contributed by atoms with Gasteiger partial charge in [0.1, 0.15) is 11.5 Å².